The zero-order chi connectivity index (χ0) is 29.2. The minimum atomic E-state index is -1.38. The van der Waals surface area contributed by atoms with Crippen LogP contribution in [-0.4, -0.2) is 47.9 Å². The number of ether oxygens (including phenoxy) is 4. The Labute approximate surface area is 225 Å². The van der Waals surface area contributed by atoms with Gasteiger partial charge in [-0.05, 0) is 42.4 Å². The van der Waals surface area contributed by atoms with E-state index < -0.39 is 48.0 Å². The van der Waals surface area contributed by atoms with Crippen LogP contribution in [0.15, 0.2) is 18.2 Å². The highest BCUT2D eigenvalue weighted by atomic mass is 16.7. The fraction of sp³-hybridized carbons (Fsp3) is 0.643. The largest absolute Gasteiger partial charge is 0.508 e. The summed E-state index contributed by atoms with van der Waals surface area (Å²) in [6.07, 6.45) is -1.34. The molecule has 0 heterocycles. The molecule has 10 nitrogen and oxygen atoms in total. The molecule has 0 amide bonds. The lowest BCUT2D eigenvalue weighted by Gasteiger charge is -2.31. The monoisotopic (exact) mass is 537 g/mol. The van der Waals surface area contributed by atoms with Gasteiger partial charge in [0.2, 0.25) is 0 Å². The molecule has 0 aliphatic carbocycles. The molecule has 38 heavy (non-hydrogen) atoms. The van der Waals surface area contributed by atoms with Crippen LogP contribution < -0.4 is 15.2 Å². The van der Waals surface area contributed by atoms with Crippen LogP contribution in [0.25, 0.3) is 0 Å². The summed E-state index contributed by atoms with van der Waals surface area (Å²) in [4.78, 5) is 48.9. The predicted octanol–water partition coefficient (Wildman–Crippen LogP) is 4.92. The topological polar surface area (TPSA) is 151 Å². The quantitative estimate of drug-likeness (QED) is 0.247. The van der Waals surface area contributed by atoms with Gasteiger partial charge in [0.05, 0.1) is 6.61 Å². The van der Waals surface area contributed by atoms with Crippen LogP contribution in [0.2, 0.25) is 0 Å². The van der Waals surface area contributed by atoms with Crippen LogP contribution >= 0.6 is 0 Å². The van der Waals surface area contributed by atoms with Crippen molar-refractivity contribution in [2.75, 3.05) is 6.61 Å². The Morgan fingerprint density at radius 1 is 0.816 bits per heavy atom. The second-order valence-electron chi connectivity index (χ2n) is 10.9. The molecule has 0 aliphatic heterocycles. The van der Waals surface area contributed by atoms with Crippen molar-refractivity contribution in [2.45, 2.75) is 86.3 Å². The molecule has 1 aromatic rings. The Kier molecular flexibility index (Phi) is 13.3. The first-order valence-corrected chi connectivity index (χ1v) is 13.0. The molecule has 0 fully saturated rings. The Hall–Kier alpha value is -3.14. The molecule has 1 aromatic carbocycles. The van der Waals surface area contributed by atoms with Gasteiger partial charge in [0.1, 0.15) is 12.1 Å². The molecule has 0 saturated heterocycles. The van der Waals surface area contributed by atoms with E-state index in [9.17, 15) is 24.3 Å². The maximum atomic E-state index is 12.5. The number of carbonyl (C=O) groups excluding carboxylic acids is 3. The molecule has 0 bridgehead atoms. The molecule has 0 aliphatic rings. The van der Waals surface area contributed by atoms with Gasteiger partial charge in [0.15, 0.2) is 11.5 Å². The van der Waals surface area contributed by atoms with Crippen LogP contribution in [0, 0.1) is 23.7 Å². The number of hydrogen-bond donors (Lipinski definition) is 2. The number of carboxylic acid groups (broad SMARTS) is 1. The highest BCUT2D eigenvalue weighted by Gasteiger charge is 2.36. The number of benzene rings is 1. The lowest BCUT2D eigenvalue weighted by atomic mass is 9.79. The molecule has 0 aromatic heterocycles. The van der Waals surface area contributed by atoms with Gasteiger partial charge in [0.25, 0.3) is 0 Å². The molecule has 0 radical (unpaired) electrons. The van der Waals surface area contributed by atoms with Crippen LogP contribution in [-0.2, 0) is 23.9 Å². The molecule has 10 heteroatoms. The third kappa shape index (κ3) is 11.1. The van der Waals surface area contributed by atoms with Gasteiger partial charge in [-0.15, -0.1) is 0 Å². The highest BCUT2D eigenvalue weighted by molar-refractivity contribution is 5.77. The molecule has 0 spiro atoms. The fourth-order valence-electron chi connectivity index (χ4n) is 3.70. The average Bonchev–Trinajstić information content (AvgIpc) is 2.78. The number of esters is 2. The summed E-state index contributed by atoms with van der Waals surface area (Å²) in [5.41, 5.74) is 6.50. The molecule has 3 N–H and O–H groups in total. The highest BCUT2D eigenvalue weighted by Crippen LogP contribution is 2.37. The lowest BCUT2D eigenvalue weighted by molar-refractivity contribution is -0.140. The maximum Gasteiger partial charge on any atom is 0.508 e. The van der Waals surface area contributed by atoms with E-state index >= 15 is 0 Å². The first-order chi connectivity index (χ1) is 17.6. The van der Waals surface area contributed by atoms with Crippen molar-refractivity contribution in [3.63, 3.8) is 0 Å². The molecule has 1 rings (SSSR count). The molecule has 3 unspecified atom stereocenters. The normalized spacial score (nSPS) is 14.5. The second-order valence-corrected chi connectivity index (χ2v) is 10.9. The van der Waals surface area contributed by atoms with E-state index in [0.29, 0.717) is 5.56 Å². The van der Waals surface area contributed by atoms with Crippen molar-refractivity contribution in [1.82, 2.24) is 0 Å². The minimum absolute atomic E-state index is 0.0232. The van der Waals surface area contributed by atoms with Crippen molar-refractivity contribution < 1.29 is 43.2 Å². The Morgan fingerprint density at radius 3 is 1.82 bits per heavy atom. The number of carbonyl (C=O) groups is 4. The zero-order valence-electron chi connectivity index (χ0n) is 23.7. The minimum Gasteiger partial charge on any atom is -0.480 e. The summed E-state index contributed by atoms with van der Waals surface area (Å²) >= 11 is 0. The van der Waals surface area contributed by atoms with Crippen molar-refractivity contribution >= 4 is 24.1 Å². The van der Waals surface area contributed by atoms with Gasteiger partial charge < -0.3 is 29.8 Å². The number of rotatable bonds is 14. The van der Waals surface area contributed by atoms with E-state index in [1.807, 2.05) is 41.5 Å². The summed E-state index contributed by atoms with van der Waals surface area (Å²) in [7, 11) is 0. The number of aliphatic carboxylic acids is 1. The summed E-state index contributed by atoms with van der Waals surface area (Å²) < 4.78 is 21.5. The van der Waals surface area contributed by atoms with Gasteiger partial charge in [-0.2, -0.15) is 0 Å². The molecular formula is C28H43NO9. The van der Waals surface area contributed by atoms with E-state index in [0.717, 1.165) is 0 Å². The molecule has 214 valence electrons. The van der Waals surface area contributed by atoms with Gasteiger partial charge in [-0.25, -0.2) is 4.79 Å². The fourth-order valence-corrected chi connectivity index (χ4v) is 3.70. The van der Waals surface area contributed by atoms with E-state index in [1.54, 1.807) is 19.9 Å². The number of nitrogens with two attached hydrogens (primary N) is 1. The molecule has 0 saturated carbocycles. The SMILES string of the molecule is CC(C)COC(=O)OC(C)C(C)C(c1ccc(OC(=O)CC(C)C)c(OC(=O)CC(C)C)c1)[C@H](N)C(=O)O. The van der Waals surface area contributed by atoms with Gasteiger partial charge >= 0.3 is 24.1 Å². The molecular weight excluding hydrogens is 494 g/mol. The van der Waals surface area contributed by atoms with Crippen molar-refractivity contribution in [2.24, 2.45) is 29.4 Å². The summed E-state index contributed by atoms with van der Waals surface area (Å²) in [6, 6.07) is 3.08. The van der Waals surface area contributed by atoms with Gasteiger partial charge in [0, 0.05) is 24.7 Å². The van der Waals surface area contributed by atoms with E-state index in [4.69, 9.17) is 24.7 Å². The number of carboxylic acids is 1. The van der Waals surface area contributed by atoms with Crippen LogP contribution in [0.4, 0.5) is 4.79 Å². The van der Waals surface area contributed by atoms with Crippen molar-refractivity contribution in [3.05, 3.63) is 23.8 Å². The Bertz CT molecular complexity index is 958. The number of hydrogen-bond acceptors (Lipinski definition) is 9. The Balaban J connectivity index is 3.39. The second kappa shape index (κ2) is 15.3. The zero-order valence-corrected chi connectivity index (χ0v) is 23.7. The van der Waals surface area contributed by atoms with Gasteiger partial charge in [-0.1, -0.05) is 54.5 Å². The standard InChI is InChI=1S/C28H43NO9/c1-15(2)11-23(30)37-21-10-9-20(13-22(21)38-24(31)12-16(3)4)25(26(29)27(32)33)18(7)19(8)36-28(34)35-14-17(5)6/h9-10,13,15-19,25-26H,11-12,14,29H2,1-8H3,(H,32,33)/t18?,19?,25?,26-/m0/s1. The van der Waals surface area contributed by atoms with Crippen molar-refractivity contribution in [3.8, 4) is 11.5 Å². The third-order valence-electron chi connectivity index (χ3n) is 5.75. The molecule has 4 atom stereocenters. The average molecular weight is 538 g/mol. The first-order valence-electron chi connectivity index (χ1n) is 13.0. The van der Waals surface area contributed by atoms with Crippen LogP contribution in [0.5, 0.6) is 11.5 Å². The first kappa shape index (κ1) is 32.9. The van der Waals surface area contributed by atoms with E-state index in [2.05, 4.69) is 0 Å². The smallest absolute Gasteiger partial charge is 0.480 e. The van der Waals surface area contributed by atoms with E-state index in [-0.39, 0.29) is 48.7 Å². The van der Waals surface area contributed by atoms with Crippen LogP contribution in [0.3, 0.4) is 0 Å². The summed E-state index contributed by atoms with van der Waals surface area (Å²) in [6.45, 7) is 14.7. The van der Waals surface area contributed by atoms with Crippen LogP contribution in [0.1, 0.15) is 79.7 Å². The third-order valence-corrected chi connectivity index (χ3v) is 5.75. The Morgan fingerprint density at radius 2 is 1.34 bits per heavy atom. The lowest BCUT2D eigenvalue weighted by Crippen LogP contribution is -2.42. The maximum absolute atomic E-state index is 12.5. The van der Waals surface area contributed by atoms with Gasteiger partial charge in [-0.3, -0.25) is 14.4 Å². The predicted molar refractivity (Wildman–Crippen MR) is 141 cm³/mol. The van der Waals surface area contributed by atoms with Crippen molar-refractivity contribution in [1.29, 1.82) is 0 Å². The summed E-state index contributed by atoms with van der Waals surface area (Å²) in [5, 5.41) is 9.73. The summed E-state index contributed by atoms with van der Waals surface area (Å²) in [5.74, 6) is -3.52. The van der Waals surface area contributed by atoms with E-state index in [1.165, 1.54) is 12.1 Å².